The van der Waals surface area contributed by atoms with Crippen LogP contribution in [0.1, 0.15) is 53.5 Å². The van der Waals surface area contributed by atoms with Crippen molar-refractivity contribution < 1.29 is 23.9 Å². The van der Waals surface area contributed by atoms with Crippen molar-refractivity contribution in [3.63, 3.8) is 0 Å². The Hall–Kier alpha value is -2.81. The molecule has 4 N–H and O–H groups in total. The number of carbonyl (C=O) groups is 3. The fourth-order valence-electron chi connectivity index (χ4n) is 3.07. The first kappa shape index (κ1) is 28.2. The summed E-state index contributed by atoms with van der Waals surface area (Å²) in [6.45, 7) is 11.8. The van der Waals surface area contributed by atoms with Crippen molar-refractivity contribution in [2.45, 2.75) is 72.1 Å². The minimum absolute atomic E-state index is 0.182. The lowest BCUT2D eigenvalue weighted by Crippen LogP contribution is -2.56. The van der Waals surface area contributed by atoms with Crippen molar-refractivity contribution in [1.82, 2.24) is 21.3 Å². The molecule has 1 rings (SSSR count). The van der Waals surface area contributed by atoms with E-state index in [4.69, 9.17) is 4.74 Å². The number of benzene rings is 1. The van der Waals surface area contributed by atoms with Gasteiger partial charge < -0.3 is 25.4 Å². The van der Waals surface area contributed by atoms with Crippen LogP contribution >= 0.6 is 0 Å². The molecule has 1 aromatic carbocycles. The molecular weight excluding hydrogens is 424 g/mol. The van der Waals surface area contributed by atoms with Gasteiger partial charge in [-0.15, -0.1) is 0 Å². The van der Waals surface area contributed by atoms with E-state index in [1.807, 2.05) is 51.1 Å². The van der Waals surface area contributed by atoms with Gasteiger partial charge in [-0.1, -0.05) is 51.1 Å². The summed E-state index contributed by atoms with van der Waals surface area (Å²) >= 11 is 0. The van der Waals surface area contributed by atoms with Crippen molar-refractivity contribution in [2.75, 3.05) is 20.3 Å². The molecule has 0 aromatic heterocycles. The Balaban J connectivity index is 2.72. The number of amides is 3. The number of hydrogen-bond acceptors (Lipinski definition) is 6. The van der Waals surface area contributed by atoms with Crippen LogP contribution in [0.25, 0.3) is 0 Å². The maximum atomic E-state index is 13.1. The predicted molar refractivity (Wildman–Crippen MR) is 128 cm³/mol. The smallest absolute Gasteiger partial charge is 0.408 e. The zero-order valence-corrected chi connectivity index (χ0v) is 20.9. The molecule has 2 atom stereocenters. The van der Waals surface area contributed by atoms with Gasteiger partial charge >= 0.3 is 12.2 Å². The van der Waals surface area contributed by atoms with Gasteiger partial charge in [-0.05, 0) is 51.1 Å². The van der Waals surface area contributed by atoms with Crippen LogP contribution in [0.15, 0.2) is 30.3 Å². The molecule has 0 saturated carbocycles. The Morgan fingerprint density at radius 2 is 1.58 bits per heavy atom. The van der Waals surface area contributed by atoms with Gasteiger partial charge in [0.05, 0.1) is 13.8 Å². The van der Waals surface area contributed by atoms with Crippen molar-refractivity contribution in [3.8, 4) is 0 Å². The number of rotatable bonds is 10. The highest BCUT2D eigenvalue weighted by atomic mass is 16.6. The van der Waals surface area contributed by atoms with E-state index < -0.39 is 29.2 Å². The molecule has 0 unspecified atom stereocenters. The van der Waals surface area contributed by atoms with E-state index in [2.05, 4.69) is 26.0 Å². The van der Waals surface area contributed by atoms with E-state index in [9.17, 15) is 14.4 Å². The summed E-state index contributed by atoms with van der Waals surface area (Å²) in [5.74, 6) is -0.277. The Kier molecular flexibility index (Phi) is 11.1. The lowest BCUT2D eigenvalue weighted by atomic mass is 9.86. The maximum Gasteiger partial charge on any atom is 0.408 e. The molecule has 0 radical (unpaired) electrons. The Labute approximate surface area is 197 Å². The third-order valence-electron chi connectivity index (χ3n) is 4.67. The van der Waals surface area contributed by atoms with E-state index >= 15 is 0 Å². The molecule has 1 aromatic rings. The van der Waals surface area contributed by atoms with Crippen molar-refractivity contribution in [2.24, 2.45) is 5.41 Å². The predicted octanol–water partition coefficient (Wildman–Crippen LogP) is 2.95. The molecule has 0 aliphatic heterocycles. The number of methoxy groups -OCH3 is 1. The normalized spacial score (nSPS) is 13.4. The monoisotopic (exact) mass is 464 g/mol. The van der Waals surface area contributed by atoms with Crippen LogP contribution in [-0.4, -0.2) is 56.1 Å². The zero-order valence-electron chi connectivity index (χ0n) is 20.9. The topological polar surface area (TPSA) is 118 Å². The summed E-state index contributed by atoms with van der Waals surface area (Å²) in [4.78, 5) is 36.6. The lowest BCUT2D eigenvalue weighted by Gasteiger charge is -2.31. The molecule has 0 saturated heterocycles. The van der Waals surface area contributed by atoms with Crippen LogP contribution in [0, 0.1) is 5.41 Å². The molecule has 33 heavy (non-hydrogen) atoms. The molecule has 186 valence electrons. The van der Waals surface area contributed by atoms with Crippen LogP contribution in [-0.2, 0) is 20.7 Å². The number of alkyl carbamates (subject to hydrolysis) is 2. The molecule has 0 heterocycles. The highest BCUT2D eigenvalue weighted by molar-refractivity contribution is 5.86. The van der Waals surface area contributed by atoms with Crippen LogP contribution in [0.3, 0.4) is 0 Å². The second kappa shape index (κ2) is 13.0. The van der Waals surface area contributed by atoms with E-state index in [1.54, 1.807) is 20.8 Å². The first-order chi connectivity index (χ1) is 15.3. The van der Waals surface area contributed by atoms with E-state index in [0.717, 1.165) is 5.56 Å². The average Bonchev–Trinajstić information content (AvgIpc) is 2.69. The molecule has 0 aliphatic carbocycles. The number of ether oxygens (including phenoxy) is 2. The van der Waals surface area contributed by atoms with Gasteiger partial charge in [0.2, 0.25) is 5.91 Å². The van der Waals surface area contributed by atoms with E-state index in [1.165, 1.54) is 7.11 Å². The molecule has 9 nitrogen and oxygen atoms in total. The zero-order chi connectivity index (χ0) is 25.1. The number of carbonyl (C=O) groups excluding carboxylic acids is 3. The van der Waals surface area contributed by atoms with Gasteiger partial charge in [0.15, 0.2) is 0 Å². The van der Waals surface area contributed by atoms with E-state index in [-0.39, 0.29) is 18.6 Å². The number of hydrogen-bond donors (Lipinski definition) is 4. The second-order valence-electron chi connectivity index (χ2n) is 9.97. The highest BCUT2D eigenvalue weighted by Gasteiger charge is 2.34. The third-order valence-corrected chi connectivity index (χ3v) is 4.67. The minimum atomic E-state index is -0.759. The highest BCUT2D eigenvalue weighted by Crippen LogP contribution is 2.20. The van der Waals surface area contributed by atoms with E-state index in [0.29, 0.717) is 19.4 Å². The van der Waals surface area contributed by atoms with Crippen LogP contribution in [0.5, 0.6) is 0 Å². The summed E-state index contributed by atoms with van der Waals surface area (Å²) in [6, 6.07) is 8.91. The first-order valence-electron chi connectivity index (χ1n) is 11.2. The Morgan fingerprint density at radius 1 is 0.939 bits per heavy atom. The Bertz CT molecular complexity index is 756. The molecule has 3 amide bonds. The van der Waals surface area contributed by atoms with Crippen LogP contribution < -0.4 is 21.3 Å². The largest absolute Gasteiger partial charge is 0.453 e. The quantitative estimate of drug-likeness (QED) is 0.312. The lowest BCUT2D eigenvalue weighted by molar-refractivity contribution is -0.126. The summed E-state index contributed by atoms with van der Waals surface area (Å²) in [6.07, 6.45) is 0.0970. The van der Waals surface area contributed by atoms with Gasteiger partial charge in [-0.25, -0.2) is 9.59 Å². The van der Waals surface area contributed by atoms with Gasteiger partial charge in [-0.3, -0.25) is 10.1 Å². The Morgan fingerprint density at radius 3 is 2.12 bits per heavy atom. The van der Waals surface area contributed by atoms with Gasteiger partial charge in [0.1, 0.15) is 11.6 Å². The van der Waals surface area contributed by atoms with Gasteiger partial charge in [0.25, 0.3) is 0 Å². The average molecular weight is 465 g/mol. The molecule has 0 spiro atoms. The van der Waals surface area contributed by atoms with Gasteiger partial charge in [0, 0.05) is 6.04 Å². The maximum absolute atomic E-state index is 13.1. The summed E-state index contributed by atoms with van der Waals surface area (Å²) < 4.78 is 9.89. The van der Waals surface area contributed by atoms with Crippen LogP contribution in [0.2, 0.25) is 0 Å². The second-order valence-corrected chi connectivity index (χ2v) is 9.97. The molecular formula is C24H40N4O5. The van der Waals surface area contributed by atoms with Gasteiger partial charge in [-0.2, -0.15) is 0 Å². The fraction of sp³-hybridized carbons (Fsp3) is 0.625. The minimum Gasteiger partial charge on any atom is -0.453 e. The molecule has 0 bridgehead atoms. The first-order valence-corrected chi connectivity index (χ1v) is 11.2. The van der Waals surface area contributed by atoms with Crippen molar-refractivity contribution >= 4 is 18.1 Å². The van der Waals surface area contributed by atoms with Crippen LogP contribution in [0.4, 0.5) is 9.59 Å². The molecule has 9 heteroatoms. The van der Waals surface area contributed by atoms with Crippen molar-refractivity contribution in [1.29, 1.82) is 0 Å². The summed E-state index contributed by atoms with van der Waals surface area (Å²) in [7, 11) is 1.27. The summed E-state index contributed by atoms with van der Waals surface area (Å²) in [5, 5.41) is 11.5. The van der Waals surface area contributed by atoms with Crippen molar-refractivity contribution in [3.05, 3.63) is 35.9 Å². The number of nitrogens with one attached hydrogen (secondary N) is 4. The molecule has 0 aliphatic rings. The standard InChI is InChI=1S/C24H40N4O5/c1-23(2,3)19(28-22(31)32-7)20(29)27-18(15-17-11-9-8-10-12-17)13-14-25-16-26-21(30)33-24(4,5)6/h8-12,18-19,25H,13-16H2,1-7H3,(H,26,30)(H,27,29)(H,28,31)/t18-,19-/m1/s1. The third kappa shape index (κ3) is 12.1. The SMILES string of the molecule is COC(=O)N[C@H](C(=O)N[C@H](CCNCNC(=O)OC(C)(C)C)Cc1ccccc1)C(C)(C)C. The fourth-order valence-corrected chi connectivity index (χ4v) is 3.07. The molecule has 0 fully saturated rings. The summed E-state index contributed by atoms with van der Waals surface area (Å²) in [5.41, 5.74) is 0.0187.